The number of carbonyl (C=O) groups is 1. The summed E-state index contributed by atoms with van der Waals surface area (Å²) in [7, 11) is 0. The second kappa shape index (κ2) is 4.30. The number of carboxylic acid groups (broad SMARTS) is 1. The topological polar surface area (TPSA) is 40.5 Å². The molecule has 0 amide bonds. The number of hydrogen-bond acceptors (Lipinski definition) is 2. The first-order valence-electron chi connectivity index (χ1n) is 5.75. The molecule has 1 saturated heterocycles. The zero-order valence-electron chi connectivity index (χ0n) is 8.61. The van der Waals surface area contributed by atoms with Crippen LogP contribution in [0.5, 0.6) is 0 Å². The third-order valence-electron chi connectivity index (χ3n) is 3.38. The van der Waals surface area contributed by atoms with E-state index in [9.17, 15) is 4.79 Å². The number of piperidine rings is 1. The van der Waals surface area contributed by atoms with Crippen LogP contribution in [0.3, 0.4) is 0 Å². The van der Waals surface area contributed by atoms with Gasteiger partial charge < -0.3 is 5.11 Å². The molecular formula is C11H19NO2. The van der Waals surface area contributed by atoms with Gasteiger partial charge in [-0.2, -0.15) is 0 Å². The van der Waals surface area contributed by atoms with E-state index >= 15 is 0 Å². The number of aliphatic carboxylic acids is 1. The Bertz CT molecular complexity index is 213. The molecule has 3 nitrogen and oxygen atoms in total. The molecule has 0 radical (unpaired) electrons. The highest BCUT2D eigenvalue weighted by Crippen LogP contribution is 2.33. The van der Waals surface area contributed by atoms with Crippen molar-refractivity contribution in [1.82, 2.24) is 4.90 Å². The van der Waals surface area contributed by atoms with Crippen molar-refractivity contribution in [1.29, 1.82) is 0 Å². The monoisotopic (exact) mass is 197 g/mol. The molecule has 1 unspecified atom stereocenters. The van der Waals surface area contributed by atoms with Gasteiger partial charge in [0.25, 0.3) is 0 Å². The predicted octanol–water partition coefficient (Wildman–Crippen LogP) is 1.87. The van der Waals surface area contributed by atoms with Crippen LogP contribution in [-0.4, -0.2) is 34.6 Å². The summed E-state index contributed by atoms with van der Waals surface area (Å²) in [4.78, 5) is 13.1. The van der Waals surface area contributed by atoms with E-state index in [-0.39, 0.29) is 0 Å². The highest BCUT2D eigenvalue weighted by molar-refractivity contribution is 5.66. The maximum atomic E-state index is 10.5. The van der Waals surface area contributed by atoms with Crippen LogP contribution in [0.25, 0.3) is 0 Å². The lowest BCUT2D eigenvalue weighted by atomic mass is 9.98. The average Bonchev–Trinajstić information content (AvgIpc) is 2.98. The molecule has 0 spiro atoms. The lowest BCUT2D eigenvalue weighted by molar-refractivity contribution is -0.137. The molecule has 1 heterocycles. The molecule has 2 aliphatic rings. The molecule has 3 heteroatoms. The van der Waals surface area contributed by atoms with Crippen LogP contribution < -0.4 is 0 Å². The first-order chi connectivity index (χ1) is 6.77. The van der Waals surface area contributed by atoms with Gasteiger partial charge in [-0.05, 0) is 38.6 Å². The second-order valence-electron chi connectivity index (χ2n) is 4.55. The van der Waals surface area contributed by atoms with E-state index in [4.69, 9.17) is 5.11 Å². The average molecular weight is 197 g/mol. The fraction of sp³-hybridized carbons (Fsp3) is 0.909. The summed E-state index contributed by atoms with van der Waals surface area (Å²) in [5.41, 5.74) is 0. The van der Waals surface area contributed by atoms with Gasteiger partial charge >= 0.3 is 5.97 Å². The largest absolute Gasteiger partial charge is 0.481 e. The van der Waals surface area contributed by atoms with Crippen molar-refractivity contribution in [2.24, 2.45) is 0 Å². The summed E-state index contributed by atoms with van der Waals surface area (Å²) in [6.07, 6.45) is 7.67. The van der Waals surface area contributed by atoms with Gasteiger partial charge in [-0.1, -0.05) is 6.42 Å². The van der Waals surface area contributed by atoms with E-state index in [0.29, 0.717) is 12.5 Å². The smallest absolute Gasteiger partial charge is 0.303 e. The van der Waals surface area contributed by atoms with Crippen molar-refractivity contribution in [2.45, 2.75) is 57.0 Å². The van der Waals surface area contributed by atoms with E-state index in [1.165, 1.54) is 38.6 Å². The third kappa shape index (κ3) is 2.47. The Morgan fingerprint density at radius 3 is 2.71 bits per heavy atom. The van der Waals surface area contributed by atoms with Crippen molar-refractivity contribution in [3.8, 4) is 0 Å². The molecule has 0 bridgehead atoms. The van der Waals surface area contributed by atoms with Crippen LogP contribution in [0.15, 0.2) is 0 Å². The summed E-state index contributed by atoms with van der Waals surface area (Å²) in [6, 6.07) is 1.36. The fourth-order valence-electron chi connectivity index (χ4n) is 2.51. The number of rotatable bonds is 4. The van der Waals surface area contributed by atoms with Crippen LogP contribution in [0, 0.1) is 0 Å². The standard InChI is InChI=1S/C11H19NO2/c13-11(14)7-6-9-3-1-2-8-12(9)10-4-5-10/h9-10H,1-8H2,(H,13,14). The van der Waals surface area contributed by atoms with Crippen molar-refractivity contribution in [2.75, 3.05) is 6.54 Å². The summed E-state index contributed by atoms with van der Waals surface area (Å²) in [6.45, 7) is 1.20. The molecule has 2 fully saturated rings. The maximum absolute atomic E-state index is 10.5. The minimum absolute atomic E-state index is 0.341. The number of hydrogen-bond donors (Lipinski definition) is 1. The lowest BCUT2D eigenvalue weighted by Gasteiger charge is -2.35. The highest BCUT2D eigenvalue weighted by atomic mass is 16.4. The molecule has 2 rings (SSSR count). The predicted molar refractivity (Wildman–Crippen MR) is 54.2 cm³/mol. The number of likely N-dealkylation sites (tertiary alicyclic amines) is 1. The van der Waals surface area contributed by atoms with E-state index in [1.807, 2.05) is 0 Å². The minimum atomic E-state index is -0.647. The quantitative estimate of drug-likeness (QED) is 0.748. The second-order valence-corrected chi connectivity index (χ2v) is 4.55. The molecule has 14 heavy (non-hydrogen) atoms. The molecule has 0 aromatic rings. The van der Waals surface area contributed by atoms with Crippen molar-refractivity contribution in [3.05, 3.63) is 0 Å². The molecule has 1 saturated carbocycles. The van der Waals surface area contributed by atoms with Gasteiger partial charge in [-0.15, -0.1) is 0 Å². The Kier molecular flexibility index (Phi) is 3.06. The summed E-state index contributed by atoms with van der Waals surface area (Å²) in [5, 5.41) is 8.67. The lowest BCUT2D eigenvalue weighted by Crippen LogP contribution is -2.41. The van der Waals surface area contributed by atoms with E-state index in [0.717, 1.165) is 12.5 Å². The van der Waals surface area contributed by atoms with Gasteiger partial charge in [0.15, 0.2) is 0 Å². The van der Waals surface area contributed by atoms with Crippen LogP contribution in [-0.2, 0) is 4.79 Å². The van der Waals surface area contributed by atoms with Gasteiger partial charge in [0.1, 0.15) is 0 Å². The van der Waals surface area contributed by atoms with Crippen LogP contribution in [0.4, 0.5) is 0 Å². The van der Waals surface area contributed by atoms with E-state index in [1.54, 1.807) is 0 Å². The zero-order valence-corrected chi connectivity index (χ0v) is 8.61. The van der Waals surface area contributed by atoms with Crippen molar-refractivity contribution < 1.29 is 9.90 Å². The normalized spacial score (nSPS) is 29.0. The summed E-state index contributed by atoms with van der Waals surface area (Å²) >= 11 is 0. The molecule has 80 valence electrons. The van der Waals surface area contributed by atoms with Gasteiger partial charge in [0, 0.05) is 18.5 Å². The Morgan fingerprint density at radius 1 is 1.29 bits per heavy atom. The Labute approximate surface area is 85.1 Å². The molecule has 1 aliphatic carbocycles. The third-order valence-corrected chi connectivity index (χ3v) is 3.38. The number of nitrogens with zero attached hydrogens (tertiary/aromatic N) is 1. The maximum Gasteiger partial charge on any atom is 0.303 e. The molecule has 1 N–H and O–H groups in total. The van der Waals surface area contributed by atoms with Crippen LogP contribution in [0.2, 0.25) is 0 Å². The van der Waals surface area contributed by atoms with Crippen LogP contribution in [0.1, 0.15) is 44.9 Å². The van der Waals surface area contributed by atoms with Gasteiger partial charge in [-0.25, -0.2) is 0 Å². The molecular weight excluding hydrogens is 178 g/mol. The van der Waals surface area contributed by atoms with Gasteiger partial charge in [0.05, 0.1) is 0 Å². The van der Waals surface area contributed by atoms with Gasteiger partial charge in [0.2, 0.25) is 0 Å². The Morgan fingerprint density at radius 2 is 2.07 bits per heavy atom. The van der Waals surface area contributed by atoms with E-state index in [2.05, 4.69) is 4.90 Å². The summed E-state index contributed by atoms with van der Waals surface area (Å²) < 4.78 is 0. The van der Waals surface area contributed by atoms with Crippen molar-refractivity contribution in [3.63, 3.8) is 0 Å². The molecule has 0 aromatic carbocycles. The number of carboxylic acids is 1. The van der Waals surface area contributed by atoms with E-state index < -0.39 is 5.97 Å². The van der Waals surface area contributed by atoms with Gasteiger partial charge in [-0.3, -0.25) is 9.69 Å². The first-order valence-corrected chi connectivity index (χ1v) is 5.75. The molecule has 1 aliphatic heterocycles. The fourth-order valence-corrected chi connectivity index (χ4v) is 2.51. The first kappa shape index (κ1) is 9.97. The van der Waals surface area contributed by atoms with Crippen LogP contribution >= 0.6 is 0 Å². The SMILES string of the molecule is O=C(O)CCC1CCCCN1C1CC1. The Balaban J connectivity index is 1.82. The zero-order chi connectivity index (χ0) is 9.97. The highest BCUT2D eigenvalue weighted by Gasteiger charge is 2.34. The molecule has 1 atom stereocenters. The summed E-state index contributed by atoms with van der Waals surface area (Å²) in [5.74, 6) is -0.647. The van der Waals surface area contributed by atoms with Crippen molar-refractivity contribution >= 4 is 5.97 Å². The molecule has 0 aromatic heterocycles. The Hall–Kier alpha value is -0.570. The minimum Gasteiger partial charge on any atom is -0.481 e.